The van der Waals surface area contributed by atoms with Gasteiger partial charge in [0.25, 0.3) is 0 Å². The lowest BCUT2D eigenvalue weighted by Gasteiger charge is -2.46. The van der Waals surface area contributed by atoms with Crippen LogP contribution in [-0.4, -0.2) is 17.3 Å². The summed E-state index contributed by atoms with van der Waals surface area (Å²) in [5, 5.41) is 9.57. The van der Waals surface area contributed by atoms with Crippen molar-refractivity contribution in [1.82, 2.24) is 0 Å². The molecule has 2 bridgehead atoms. The van der Waals surface area contributed by atoms with Crippen LogP contribution in [-0.2, 0) is 0 Å². The molecule has 0 aromatic heterocycles. The number of hydrogen-bond acceptors (Lipinski definition) is 2. The fourth-order valence-corrected chi connectivity index (χ4v) is 4.49. The maximum Gasteiger partial charge on any atom is 0.0540 e. The van der Waals surface area contributed by atoms with E-state index in [2.05, 4.69) is 0 Å². The summed E-state index contributed by atoms with van der Waals surface area (Å²) in [6.07, 6.45) is 8.51. The molecule has 0 unspecified atom stereocenters. The van der Waals surface area contributed by atoms with E-state index in [1.807, 2.05) is 0 Å². The fourth-order valence-electron chi connectivity index (χ4n) is 4.49. The van der Waals surface area contributed by atoms with Crippen LogP contribution in [0.15, 0.2) is 0 Å². The minimum absolute atomic E-state index is 0.0352. The molecule has 3 atom stereocenters. The van der Waals surface area contributed by atoms with Gasteiger partial charge in [0.15, 0.2) is 0 Å². The third kappa shape index (κ3) is 1.04. The van der Waals surface area contributed by atoms with Crippen LogP contribution in [0.3, 0.4) is 0 Å². The van der Waals surface area contributed by atoms with Crippen LogP contribution in [0.5, 0.6) is 0 Å². The first-order chi connectivity index (χ1) is 6.72. The fraction of sp³-hybridized carbons (Fsp3) is 1.00. The summed E-state index contributed by atoms with van der Waals surface area (Å²) >= 11 is 0. The van der Waals surface area contributed by atoms with Crippen LogP contribution in [0.2, 0.25) is 0 Å². The van der Waals surface area contributed by atoms with Gasteiger partial charge in [-0.1, -0.05) is 0 Å². The molecule has 14 heavy (non-hydrogen) atoms. The van der Waals surface area contributed by atoms with E-state index in [-0.39, 0.29) is 6.10 Å². The van der Waals surface area contributed by atoms with Crippen LogP contribution in [0, 0.1) is 17.3 Å². The van der Waals surface area contributed by atoms with E-state index in [0.29, 0.717) is 11.5 Å². The van der Waals surface area contributed by atoms with Gasteiger partial charge in [0.05, 0.1) is 6.10 Å². The first-order valence-electron chi connectivity index (χ1n) is 6.16. The summed E-state index contributed by atoms with van der Waals surface area (Å²) in [6, 6.07) is 0.453. The van der Waals surface area contributed by atoms with Gasteiger partial charge in [-0.15, -0.1) is 0 Å². The van der Waals surface area contributed by atoms with Gasteiger partial charge < -0.3 is 10.8 Å². The van der Waals surface area contributed by atoms with Gasteiger partial charge in [-0.3, -0.25) is 0 Å². The molecule has 3 N–H and O–H groups in total. The van der Waals surface area contributed by atoms with E-state index >= 15 is 0 Å². The lowest BCUT2D eigenvalue weighted by molar-refractivity contribution is 0.0155. The van der Waals surface area contributed by atoms with Gasteiger partial charge in [0, 0.05) is 6.04 Å². The molecule has 3 aliphatic carbocycles. The maximum absolute atomic E-state index is 9.57. The summed E-state index contributed by atoms with van der Waals surface area (Å²) in [5.41, 5.74) is 6.84. The average Bonchev–Trinajstić information content (AvgIpc) is 2.75. The summed E-state index contributed by atoms with van der Waals surface area (Å²) in [7, 11) is 0. The van der Waals surface area contributed by atoms with Gasteiger partial charge in [-0.25, -0.2) is 0 Å². The van der Waals surface area contributed by atoms with E-state index in [1.165, 1.54) is 32.1 Å². The number of aliphatic hydroxyl groups excluding tert-OH is 1. The van der Waals surface area contributed by atoms with Crippen molar-refractivity contribution in [1.29, 1.82) is 0 Å². The van der Waals surface area contributed by atoms with Gasteiger partial charge in [-0.05, 0) is 62.2 Å². The highest BCUT2D eigenvalue weighted by atomic mass is 16.3. The molecule has 3 rings (SSSR count). The molecule has 2 nitrogen and oxygen atoms in total. The topological polar surface area (TPSA) is 46.2 Å². The lowest BCUT2D eigenvalue weighted by atomic mass is 9.62. The van der Waals surface area contributed by atoms with E-state index in [1.54, 1.807) is 0 Å². The number of hydrogen-bond donors (Lipinski definition) is 2. The third-order valence-electron chi connectivity index (χ3n) is 5.34. The summed E-state index contributed by atoms with van der Waals surface area (Å²) < 4.78 is 0. The Morgan fingerprint density at radius 1 is 1.07 bits per heavy atom. The molecule has 0 aromatic rings. The molecule has 0 amide bonds. The Balaban J connectivity index is 1.83. The number of nitrogens with two attached hydrogens (primary N) is 1. The minimum atomic E-state index is -0.0352. The first kappa shape index (κ1) is 9.17. The van der Waals surface area contributed by atoms with E-state index < -0.39 is 0 Å². The van der Waals surface area contributed by atoms with Crippen molar-refractivity contribution in [2.45, 2.75) is 57.1 Å². The summed E-state index contributed by atoms with van der Waals surface area (Å²) in [6.45, 7) is 0. The zero-order chi connectivity index (χ0) is 9.76. The molecule has 0 saturated heterocycles. The molecule has 0 aliphatic heterocycles. The van der Waals surface area contributed by atoms with Crippen molar-refractivity contribution in [2.24, 2.45) is 23.0 Å². The van der Waals surface area contributed by atoms with E-state index in [9.17, 15) is 5.11 Å². The normalized spacial score (nSPS) is 57.0. The van der Waals surface area contributed by atoms with Gasteiger partial charge in [0.1, 0.15) is 0 Å². The van der Waals surface area contributed by atoms with Gasteiger partial charge in [0.2, 0.25) is 0 Å². The maximum atomic E-state index is 9.57. The molecule has 2 heteroatoms. The molecule has 80 valence electrons. The van der Waals surface area contributed by atoms with Gasteiger partial charge >= 0.3 is 0 Å². The van der Waals surface area contributed by atoms with Crippen LogP contribution in [0.1, 0.15) is 44.9 Å². The summed E-state index contributed by atoms with van der Waals surface area (Å²) in [5.74, 6) is 1.71. The Morgan fingerprint density at radius 2 is 1.79 bits per heavy atom. The monoisotopic (exact) mass is 195 g/mol. The third-order valence-corrected chi connectivity index (χ3v) is 5.34. The predicted octanol–water partition coefficient (Wildman–Crippen LogP) is 1.66. The molecule has 3 fully saturated rings. The molecule has 1 spiro atoms. The highest BCUT2D eigenvalue weighted by Crippen LogP contribution is 2.60. The highest BCUT2D eigenvalue weighted by molar-refractivity contribution is 5.09. The van der Waals surface area contributed by atoms with Gasteiger partial charge in [-0.2, -0.15) is 0 Å². The average molecular weight is 195 g/mol. The van der Waals surface area contributed by atoms with Crippen molar-refractivity contribution >= 4 is 0 Å². The largest absolute Gasteiger partial charge is 0.393 e. The minimum Gasteiger partial charge on any atom is -0.393 e. The van der Waals surface area contributed by atoms with Crippen molar-refractivity contribution in [3.63, 3.8) is 0 Å². The Hall–Kier alpha value is -0.0800. The zero-order valence-corrected chi connectivity index (χ0v) is 8.78. The molecule has 0 aromatic carbocycles. The zero-order valence-electron chi connectivity index (χ0n) is 8.78. The lowest BCUT2D eigenvalue weighted by Crippen LogP contribution is -2.48. The highest BCUT2D eigenvalue weighted by Gasteiger charge is 2.56. The first-order valence-corrected chi connectivity index (χ1v) is 6.16. The Bertz CT molecular complexity index is 228. The van der Waals surface area contributed by atoms with Crippen molar-refractivity contribution < 1.29 is 5.11 Å². The molecule has 0 heterocycles. The molecule has 3 aliphatic rings. The van der Waals surface area contributed by atoms with E-state index in [4.69, 9.17) is 5.73 Å². The van der Waals surface area contributed by atoms with Crippen molar-refractivity contribution in [3.05, 3.63) is 0 Å². The number of fused-ring (bicyclic) bond motifs is 3. The van der Waals surface area contributed by atoms with Crippen molar-refractivity contribution in [3.8, 4) is 0 Å². The smallest absolute Gasteiger partial charge is 0.0540 e. The quantitative estimate of drug-likeness (QED) is 0.617. The Labute approximate surface area is 85.9 Å². The van der Waals surface area contributed by atoms with Crippen LogP contribution in [0.4, 0.5) is 0 Å². The Morgan fingerprint density at radius 3 is 2.36 bits per heavy atom. The summed E-state index contributed by atoms with van der Waals surface area (Å²) in [4.78, 5) is 0. The second kappa shape index (κ2) is 2.96. The van der Waals surface area contributed by atoms with Crippen LogP contribution < -0.4 is 5.73 Å². The van der Waals surface area contributed by atoms with Crippen LogP contribution >= 0.6 is 0 Å². The molecular weight excluding hydrogens is 174 g/mol. The Kier molecular flexibility index (Phi) is 1.94. The predicted molar refractivity (Wildman–Crippen MR) is 55.7 cm³/mol. The second-order valence-electron chi connectivity index (χ2n) is 5.76. The van der Waals surface area contributed by atoms with Crippen molar-refractivity contribution in [2.75, 3.05) is 0 Å². The molecule has 0 radical (unpaired) electrons. The molecular formula is C12H21NO. The SMILES string of the molecule is N[C@H]1[C@@H]2CC[C@@H](C2)C12CCC(O)CC2. The van der Waals surface area contributed by atoms with E-state index in [0.717, 1.165) is 24.7 Å². The standard InChI is InChI=1S/C12H21NO/c13-11-8-1-2-9(7-8)12(11)5-3-10(14)4-6-12/h8-11,14H,1-7,13H2/t8-,9+,10?,11+,12?/m1/s1. The van der Waals surface area contributed by atoms with Crippen LogP contribution in [0.25, 0.3) is 0 Å². The second-order valence-corrected chi connectivity index (χ2v) is 5.76. The number of rotatable bonds is 0. The number of aliphatic hydroxyl groups is 1. The molecule has 3 saturated carbocycles.